The van der Waals surface area contributed by atoms with Crippen LogP contribution in [0.2, 0.25) is 0 Å². The molecule has 4 rings (SSSR count). The maximum atomic E-state index is 13.9. The number of carbonyl (C=O) groups is 1. The topological polar surface area (TPSA) is 78.8 Å². The van der Waals surface area contributed by atoms with Crippen LogP contribution < -0.4 is 23.7 Å². The molecule has 3 aromatic carbocycles. The summed E-state index contributed by atoms with van der Waals surface area (Å²) >= 11 is 0. The first-order valence-electron chi connectivity index (χ1n) is 11.4. The van der Waals surface area contributed by atoms with E-state index in [1.54, 1.807) is 26.4 Å². The number of amides is 1. The van der Waals surface area contributed by atoms with Crippen molar-refractivity contribution in [3.05, 3.63) is 76.9 Å². The minimum Gasteiger partial charge on any atom is -0.493 e. The van der Waals surface area contributed by atoms with Crippen LogP contribution in [0.1, 0.15) is 39.5 Å². The Kier molecular flexibility index (Phi) is 7.33. The fraction of sp³-hybridized carbons (Fsp3) is 0.286. The number of hydrogen-bond acceptors (Lipinski definition) is 7. The van der Waals surface area contributed by atoms with Crippen LogP contribution in [0.25, 0.3) is 0 Å². The molecule has 0 saturated heterocycles. The van der Waals surface area contributed by atoms with Crippen molar-refractivity contribution in [2.45, 2.75) is 19.4 Å². The fourth-order valence-electron chi connectivity index (χ4n) is 4.27. The van der Waals surface area contributed by atoms with Gasteiger partial charge in [0.15, 0.2) is 23.0 Å². The van der Waals surface area contributed by atoms with Gasteiger partial charge in [-0.05, 0) is 42.8 Å². The first-order valence-corrected chi connectivity index (χ1v) is 11.4. The van der Waals surface area contributed by atoms with Crippen LogP contribution in [0.4, 0.5) is 0 Å². The van der Waals surface area contributed by atoms with E-state index in [4.69, 9.17) is 28.8 Å². The van der Waals surface area contributed by atoms with Crippen LogP contribution in [0.15, 0.2) is 59.7 Å². The molecule has 0 aliphatic carbocycles. The van der Waals surface area contributed by atoms with E-state index in [9.17, 15) is 4.79 Å². The third-order valence-corrected chi connectivity index (χ3v) is 6.21. The molecule has 0 fully saturated rings. The molecule has 0 saturated carbocycles. The number of ether oxygens (including phenoxy) is 5. The predicted molar refractivity (Wildman–Crippen MR) is 137 cm³/mol. The van der Waals surface area contributed by atoms with Crippen molar-refractivity contribution in [3.63, 3.8) is 0 Å². The van der Waals surface area contributed by atoms with Gasteiger partial charge in [-0.1, -0.05) is 29.8 Å². The summed E-state index contributed by atoms with van der Waals surface area (Å²) in [5.41, 5.74) is 4.12. The van der Waals surface area contributed by atoms with Crippen molar-refractivity contribution in [2.24, 2.45) is 5.10 Å². The lowest BCUT2D eigenvalue weighted by Crippen LogP contribution is -2.27. The number of hydrogen-bond donors (Lipinski definition) is 0. The largest absolute Gasteiger partial charge is 0.493 e. The normalized spacial score (nSPS) is 14.8. The lowest BCUT2D eigenvalue weighted by atomic mass is 9.97. The standard InChI is InChI=1S/C28H30N2O6/c1-17-7-9-18(10-8-17)22-16-21(19-11-12-23(32-2)24(13-19)33-3)29-30(22)28(31)20-14-25(34-4)27(36-6)26(15-20)35-5/h7-15,22H,16H2,1-6H3/t22-/m1/s1. The molecular weight excluding hydrogens is 460 g/mol. The van der Waals surface area contributed by atoms with Gasteiger partial charge in [0.25, 0.3) is 5.91 Å². The van der Waals surface area contributed by atoms with Crippen LogP contribution >= 0.6 is 0 Å². The van der Waals surface area contributed by atoms with E-state index in [0.717, 1.165) is 22.4 Å². The monoisotopic (exact) mass is 490 g/mol. The molecule has 1 atom stereocenters. The molecule has 0 radical (unpaired) electrons. The molecule has 0 bridgehead atoms. The van der Waals surface area contributed by atoms with Crippen molar-refractivity contribution >= 4 is 11.6 Å². The summed E-state index contributed by atoms with van der Waals surface area (Å²) in [7, 11) is 7.74. The third kappa shape index (κ3) is 4.66. The molecular formula is C28H30N2O6. The molecule has 1 amide bonds. The Hall–Kier alpha value is -4.20. The molecule has 1 aliphatic rings. The van der Waals surface area contributed by atoms with Gasteiger partial charge in [-0.3, -0.25) is 4.79 Å². The van der Waals surface area contributed by atoms with Crippen molar-refractivity contribution < 1.29 is 28.5 Å². The fourth-order valence-corrected chi connectivity index (χ4v) is 4.27. The van der Waals surface area contributed by atoms with E-state index in [0.29, 0.717) is 40.7 Å². The summed E-state index contributed by atoms with van der Waals surface area (Å²) in [6.07, 6.45) is 0.536. The molecule has 8 heteroatoms. The van der Waals surface area contributed by atoms with E-state index in [1.165, 1.54) is 26.3 Å². The zero-order chi connectivity index (χ0) is 25.8. The van der Waals surface area contributed by atoms with Gasteiger partial charge in [0.05, 0.1) is 47.3 Å². The molecule has 1 aliphatic heterocycles. The minimum atomic E-state index is -0.291. The maximum absolute atomic E-state index is 13.9. The summed E-state index contributed by atoms with van der Waals surface area (Å²) in [6.45, 7) is 2.03. The number of aryl methyl sites for hydroxylation is 1. The quantitative estimate of drug-likeness (QED) is 0.441. The number of nitrogens with zero attached hydrogens (tertiary/aromatic N) is 2. The average Bonchev–Trinajstić information content (AvgIpc) is 3.37. The summed E-state index contributed by atoms with van der Waals surface area (Å²) in [5.74, 6) is 2.16. The maximum Gasteiger partial charge on any atom is 0.274 e. The molecule has 0 unspecified atom stereocenters. The smallest absolute Gasteiger partial charge is 0.274 e. The second-order valence-electron chi connectivity index (χ2n) is 8.31. The average molecular weight is 491 g/mol. The highest BCUT2D eigenvalue weighted by Crippen LogP contribution is 2.41. The molecule has 36 heavy (non-hydrogen) atoms. The number of hydrazone groups is 1. The molecule has 0 N–H and O–H groups in total. The molecule has 188 valence electrons. The van der Waals surface area contributed by atoms with Crippen LogP contribution in [-0.2, 0) is 0 Å². The van der Waals surface area contributed by atoms with E-state index in [2.05, 4.69) is 0 Å². The van der Waals surface area contributed by atoms with Gasteiger partial charge < -0.3 is 23.7 Å². The molecule has 0 aromatic heterocycles. The Labute approximate surface area is 211 Å². The first kappa shape index (κ1) is 24.9. The van der Waals surface area contributed by atoms with Crippen LogP contribution in [0.5, 0.6) is 28.7 Å². The Morgan fingerprint density at radius 2 is 1.39 bits per heavy atom. The number of rotatable bonds is 8. The van der Waals surface area contributed by atoms with E-state index >= 15 is 0 Å². The van der Waals surface area contributed by atoms with Gasteiger partial charge >= 0.3 is 0 Å². The van der Waals surface area contributed by atoms with Crippen molar-refractivity contribution in [3.8, 4) is 28.7 Å². The highest BCUT2D eigenvalue weighted by atomic mass is 16.5. The highest BCUT2D eigenvalue weighted by molar-refractivity contribution is 6.05. The van der Waals surface area contributed by atoms with Gasteiger partial charge in [0, 0.05) is 17.5 Å². The van der Waals surface area contributed by atoms with E-state index in [-0.39, 0.29) is 11.9 Å². The van der Waals surface area contributed by atoms with Crippen LogP contribution in [0, 0.1) is 6.92 Å². The van der Waals surface area contributed by atoms with Crippen molar-refractivity contribution in [2.75, 3.05) is 35.5 Å². The predicted octanol–water partition coefficient (Wildman–Crippen LogP) is 5.03. The van der Waals surface area contributed by atoms with Gasteiger partial charge in [0.1, 0.15) is 0 Å². The van der Waals surface area contributed by atoms with Gasteiger partial charge in [-0.15, -0.1) is 0 Å². The van der Waals surface area contributed by atoms with Crippen LogP contribution in [0.3, 0.4) is 0 Å². The lowest BCUT2D eigenvalue weighted by molar-refractivity contribution is 0.0710. The van der Waals surface area contributed by atoms with Gasteiger partial charge in [-0.2, -0.15) is 5.10 Å². The Morgan fingerprint density at radius 3 is 1.94 bits per heavy atom. The van der Waals surface area contributed by atoms with E-state index in [1.807, 2.05) is 49.4 Å². The lowest BCUT2D eigenvalue weighted by Gasteiger charge is -2.23. The first-order chi connectivity index (χ1) is 17.4. The van der Waals surface area contributed by atoms with Gasteiger partial charge in [0.2, 0.25) is 5.75 Å². The summed E-state index contributed by atoms with van der Waals surface area (Å²) in [6, 6.07) is 16.7. The SMILES string of the molecule is COc1ccc(C2=NN(C(=O)c3cc(OC)c(OC)c(OC)c3)[C@@H](c3ccc(C)cc3)C2)cc1OC. The van der Waals surface area contributed by atoms with E-state index < -0.39 is 0 Å². The third-order valence-electron chi connectivity index (χ3n) is 6.21. The molecule has 3 aromatic rings. The summed E-state index contributed by atoms with van der Waals surface area (Å²) < 4.78 is 27.2. The molecule has 0 spiro atoms. The minimum absolute atomic E-state index is 0.282. The Balaban J connectivity index is 1.79. The van der Waals surface area contributed by atoms with Gasteiger partial charge in [-0.25, -0.2) is 5.01 Å². The zero-order valence-electron chi connectivity index (χ0n) is 21.3. The molecule has 8 nitrogen and oxygen atoms in total. The van der Waals surface area contributed by atoms with Crippen molar-refractivity contribution in [1.82, 2.24) is 5.01 Å². The Morgan fingerprint density at radius 1 is 0.778 bits per heavy atom. The second-order valence-corrected chi connectivity index (χ2v) is 8.31. The zero-order valence-corrected chi connectivity index (χ0v) is 21.3. The number of benzene rings is 3. The molecule has 1 heterocycles. The second kappa shape index (κ2) is 10.6. The number of methoxy groups -OCH3 is 5. The summed E-state index contributed by atoms with van der Waals surface area (Å²) in [5, 5.41) is 6.32. The summed E-state index contributed by atoms with van der Waals surface area (Å²) in [4.78, 5) is 13.9. The number of carbonyl (C=O) groups excluding carboxylic acids is 1. The Bertz CT molecular complexity index is 1260. The van der Waals surface area contributed by atoms with Crippen LogP contribution in [-0.4, -0.2) is 52.2 Å². The van der Waals surface area contributed by atoms with Crippen molar-refractivity contribution in [1.29, 1.82) is 0 Å². The highest BCUT2D eigenvalue weighted by Gasteiger charge is 2.35.